The number of esters is 1. The number of thiophene rings is 1. The molecule has 2 aromatic rings. The number of nitrogens with zero attached hydrogens (tertiary/aromatic N) is 3. The van der Waals surface area contributed by atoms with Crippen LogP contribution in [0.25, 0.3) is 0 Å². The normalized spacial score (nSPS) is 17.0. The largest absolute Gasteiger partial charge is 0.462 e. The molecule has 0 atom stereocenters. The van der Waals surface area contributed by atoms with E-state index in [4.69, 9.17) is 4.74 Å². The molecule has 1 aliphatic heterocycles. The lowest BCUT2D eigenvalue weighted by molar-refractivity contribution is -0.117. The van der Waals surface area contributed by atoms with Crippen molar-refractivity contribution < 1.29 is 14.3 Å². The number of hydrogen-bond donors (Lipinski definition) is 1. The fourth-order valence-corrected chi connectivity index (χ4v) is 5.59. The Balaban J connectivity index is 1.39. The van der Waals surface area contributed by atoms with E-state index in [0.29, 0.717) is 23.7 Å². The molecule has 1 saturated heterocycles. The Morgan fingerprint density at radius 1 is 1.13 bits per heavy atom. The Morgan fingerprint density at radius 2 is 1.94 bits per heavy atom. The molecule has 1 amide bonds. The molecule has 7 nitrogen and oxygen atoms in total. The Hall–Kier alpha value is -2.45. The van der Waals surface area contributed by atoms with Crippen LogP contribution in [-0.2, 0) is 22.4 Å². The molecule has 0 radical (unpaired) electrons. The Kier molecular flexibility index (Phi) is 7.19. The highest BCUT2D eigenvalue weighted by Gasteiger charge is 2.27. The molecule has 2 aliphatic rings. The number of anilines is 2. The summed E-state index contributed by atoms with van der Waals surface area (Å²) in [4.78, 5) is 35.5. The summed E-state index contributed by atoms with van der Waals surface area (Å²) in [5, 5.41) is 3.68. The van der Waals surface area contributed by atoms with Gasteiger partial charge >= 0.3 is 5.97 Å². The number of amides is 1. The van der Waals surface area contributed by atoms with E-state index in [9.17, 15) is 9.59 Å². The van der Waals surface area contributed by atoms with Gasteiger partial charge in [-0.2, -0.15) is 0 Å². The van der Waals surface area contributed by atoms with Gasteiger partial charge in [0.05, 0.1) is 18.7 Å². The van der Waals surface area contributed by atoms with E-state index >= 15 is 0 Å². The minimum atomic E-state index is -0.318. The molecule has 0 saturated carbocycles. The fourth-order valence-electron chi connectivity index (χ4n) is 4.30. The molecule has 1 aliphatic carbocycles. The summed E-state index contributed by atoms with van der Waals surface area (Å²) in [6.07, 6.45) is 7.03. The summed E-state index contributed by atoms with van der Waals surface area (Å²) in [6, 6.07) is 5.92. The number of rotatable bonds is 6. The molecule has 8 heteroatoms. The van der Waals surface area contributed by atoms with Gasteiger partial charge in [0.2, 0.25) is 5.91 Å². The van der Waals surface area contributed by atoms with Crippen LogP contribution in [0.3, 0.4) is 0 Å². The first-order valence-electron chi connectivity index (χ1n) is 11.2. The average Bonchev–Trinajstić information content (AvgIpc) is 2.95. The number of nitrogens with one attached hydrogen (secondary N) is 1. The summed E-state index contributed by atoms with van der Waals surface area (Å²) in [5.41, 5.74) is 1.66. The van der Waals surface area contributed by atoms with Crippen molar-refractivity contribution in [3.05, 3.63) is 40.4 Å². The van der Waals surface area contributed by atoms with Crippen LogP contribution in [0, 0.1) is 0 Å². The third kappa shape index (κ3) is 5.25. The number of aryl methyl sites for hydroxylation is 1. The molecular weight excluding hydrogens is 412 g/mol. The zero-order valence-corrected chi connectivity index (χ0v) is 18.9. The number of ether oxygens (including phenoxy) is 1. The first kappa shape index (κ1) is 21.8. The summed E-state index contributed by atoms with van der Waals surface area (Å²) < 4.78 is 5.31. The third-order valence-electron chi connectivity index (χ3n) is 5.87. The van der Waals surface area contributed by atoms with E-state index in [2.05, 4.69) is 20.1 Å². The second kappa shape index (κ2) is 10.2. The highest BCUT2D eigenvalue weighted by molar-refractivity contribution is 7.17. The maximum atomic E-state index is 12.8. The van der Waals surface area contributed by atoms with E-state index in [-0.39, 0.29) is 11.9 Å². The molecule has 0 aromatic carbocycles. The molecule has 1 fully saturated rings. The number of fused-ring (bicyclic) bond motifs is 1. The van der Waals surface area contributed by atoms with Gasteiger partial charge in [-0.25, -0.2) is 9.78 Å². The molecular formula is C23H30N4O3S. The molecule has 31 heavy (non-hydrogen) atoms. The quantitative estimate of drug-likeness (QED) is 0.546. The maximum absolute atomic E-state index is 12.8. The third-order valence-corrected chi connectivity index (χ3v) is 7.07. The smallest absolute Gasteiger partial charge is 0.341 e. The molecule has 3 heterocycles. The Morgan fingerprint density at radius 3 is 2.68 bits per heavy atom. The predicted molar refractivity (Wildman–Crippen MR) is 123 cm³/mol. The van der Waals surface area contributed by atoms with Gasteiger partial charge < -0.3 is 15.0 Å². The molecule has 2 aromatic heterocycles. The first-order chi connectivity index (χ1) is 15.2. The van der Waals surface area contributed by atoms with Gasteiger partial charge in [0, 0.05) is 37.3 Å². The van der Waals surface area contributed by atoms with E-state index < -0.39 is 0 Å². The second-order valence-corrected chi connectivity index (χ2v) is 9.09. The molecule has 0 unspecified atom stereocenters. The van der Waals surface area contributed by atoms with E-state index in [1.807, 2.05) is 25.1 Å². The molecule has 166 valence electrons. The first-order valence-corrected chi connectivity index (χ1v) is 12.0. The second-order valence-electron chi connectivity index (χ2n) is 7.99. The average molecular weight is 443 g/mol. The van der Waals surface area contributed by atoms with Crippen LogP contribution in [0.5, 0.6) is 0 Å². The number of hydrogen-bond acceptors (Lipinski definition) is 7. The van der Waals surface area contributed by atoms with Gasteiger partial charge in [-0.05, 0) is 50.3 Å². The van der Waals surface area contributed by atoms with Crippen molar-refractivity contribution in [2.24, 2.45) is 0 Å². The predicted octanol–water partition coefficient (Wildman–Crippen LogP) is 3.35. The number of pyridine rings is 1. The van der Waals surface area contributed by atoms with Crippen molar-refractivity contribution in [3.63, 3.8) is 0 Å². The van der Waals surface area contributed by atoms with Gasteiger partial charge in [-0.1, -0.05) is 12.5 Å². The minimum Gasteiger partial charge on any atom is -0.462 e. The lowest BCUT2D eigenvalue weighted by Gasteiger charge is -2.34. The SMILES string of the molecule is CCOC(=O)c1c(NC(=O)CN2CCN(c3ccccn3)CC2)sc2c1CCCCC2. The summed E-state index contributed by atoms with van der Waals surface area (Å²) >= 11 is 1.55. The lowest BCUT2D eigenvalue weighted by Crippen LogP contribution is -2.48. The van der Waals surface area contributed by atoms with Crippen LogP contribution < -0.4 is 10.2 Å². The van der Waals surface area contributed by atoms with Crippen LogP contribution >= 0.6 is 11.3 Å². The van der Waals surface area contributed by atoms with Gasteiger partial charge in [0.15, 0.2) is 0 Å². The Bertz CT molecular complexity index is 907. The number of carbonyl (C=O) groups excluding carboxylic acids is 2. The zero-order chi connectivity index (χ0) is 21.6. The molecule has 0 bridgehead atoms. The summed E-state index contributed by atoms with van der Waals surface area (Å²) in [7, 11) is 0. The molecule has 0 spiro atoms. The van der Waals surface area contributed by atoms with Crippen molar-refractivity contribution in [1.29, 1.82) is 0 Å². The van der Waals surface area contributed by atoms with Crippen molar-refractivity contribution in [3.8, 4) is 0 Å². The zero-order valence-electron chi connectivity index (χ0n) is 18.1. The highest BCUT2D eigenvalue weighted by Crippen LogP contribution is 2.38. The van der Waals surface area contributed by atoms with Crippen molar-refractivity contribution in [1.82, 2.24) is 9.88 Å². The summed E-state index contributed by atoms with van der Waals surface area (Å²) in [6.45, 7) is 5.74. The lowest BCUT2D eigenvalue weighted by atomic mass is 10.1. The number of carbonyl (C=O) groups is 2. The van der Waals surface area contributed by atoms with Gasteiger partial charge in [-0.15, -0.1) is 11.3 Å². The van der Waals surface area contributed by atoms with Crippen LogP contribution in [-0.4, -0.2) is 61.1 Å². The Labute approximate surface area is 187 Å². The van der Waals surface area contributed by atoms with Gasteiger partial charge in [0.25, 0.3) is 0 Å². The van der Waals surface area contributed by atoms with E-state index in [1.54, 1.807) is 17.5 Å². The minimum absolute atomic E-state index is 0.0757. The van der Waals surface area contributed by atoms with Crippen LogP contribution in [0.4, 0.5) is 10.8 Å². The highest BCUT2D eigenvalue weighted by atomic mass is 32.1. The number of piperazine rings is 1. The number of aromatic nitrogens is 1. The van der Waals surface area contributed by atoms with Crippen LogP contribution in [0.1, 0.15) is 47.0 Å². The monoisotopic (exact) mass is 442 g/mol. The molecule has 4 rings (SSSR count). The van der Waals surface area contributed by atoms with Crippen molar-refractivity contribution in [2.45, 2.75) is 39.0 Å². The maximum Gasteiger partial charge on any atom is 0.341 e. The van der Waals surface area contributed by atoms with Crippen molar-refractivity contribution in [2.75, 3.05) is 49.5 Å². The van der Waals surface area contributed by atoms with Crippen molar-refractivity contribution >= 4 is 34.0 Å². The standard InChI is InChI=1S/C23H30N4O3S/c1-2-30-23(29)21-17-8-4-3-5-9-18(17)31-22(21)25-20(28)16-26-12-14-27(15-13-26)19-10-6-7-11-24-19/h6-7,10-11H,2-5,8-9,12-16H2,1H3,(H,25,28). The fraction of sp³-hybridized carbons (Fsp3) is 0.522. The van der Waals surface area contributed by atoms with Gasteiger partial charge in [-0.3, -0.25) is 9.69 Å². The van der Waals surface area contributed by atoms with E-state index in [0.717, 1.165) is 63.2 Å². The summed E-state index contributed by atoms with van der Waals surface area (Å²) in [5.74, 6) is 0.584. The van der Waals surface area contributed by atoms with Crippen LogP contribution in [0.2, 0.25) is 0 Å². The van der Waals surface area contributed by atoms with Gasteiger partial charge in [0.1, 0.15) is 10.8 Å². The molecule has 1 N–H and O–H groups in total. The van der Waals surface area contributed by atoms with E-state index in [1.165, 1.54) is 11.3 Å². The van der Waals surface area contributed by atoms with Crippen LogP contribution in [0.15, 0.2) is 24.4 Å². The topological polar surface area (TPSA) is 74.8 Å².